The van der Waals surface area contributed by atoms with Crippen LogP contribution in [0.2, 0.25) is 0 Å². The Bertz CT molecular complexity index is 915. The molecule has 1 aromatic heterocycles. The number of piperidine rings is 1. The van der Waals surface area contributed by atoms with Gasteiger partial charge in [0.15, 0.2) is 9.84 Å². The van der Waals surface area contributed by atoms with E-state index in [0.29, 0.717) is 24.4 Å². The van der Waals surface area contributed by atoms with E-state index in [2.05, 4.69) is 0 Å². The average molecular weight is 414 g/mol. The number of sulfonamides is 1. The lowest BCUT2D eigenvalue weighted by atomic mass is 10.2. The van der Waals surface area contributed by atoms with Crippen LogP contribution in [0.5, 0.6) is 5.75 Å². The lowest BCUT2D eigenvalue weighted by molar-refractivity contribution is 0.321. The lowest BCUT2D eigenvalue weighted by Gasteiger charge is -2.30. The Morgan fingerprint density at radius 2 is 1.70 bits per heavy atom. The Morgan fingerprint density at radius 1 is 1.00 bits per heavy atom. The third-order valence-electron chi connectivity index (χ3n) is 4.58. The molecule has 0 saturated carbocycles. The fourth-order valence-corrected chi connectivity index (χ4v) is 6.14. The van der Waals surface area contributed by atoms with E-state index in [4.69, 9.17) is 9.15 Å². The second-order valence-electron chi connectivity index (χ2n) is 6.46. The van der Waals surface area contributed by atoms with Crippen LogP contribution >= 0.6 is 0 Å². The van der Waals surface area contributed by atoms with Crippen molar-refractivity contribution in [3.05, 3.63) is 54.5 Å². The summed E-state index contributed by atoms with van der Waals surface area (Å²) in [4.78, 5) is 0. The molecule has 0 N–H and O–H groups in total. The molecule has 0 bridgehead atoms. The minimum absolute atomic E-state index is 0.0586. The quantitative estimate of drug-likeness (QED) is 0.658. The van der Waals surface area contributed by atoms with Gasteiger partial charge in [-0.15, -0.1) is 0 Å². The normalized spacial score (nSPS) is 17.0. The van der Waals surface area contributed by atoms with Crippen molar-refractivity contribution in [2.45, 2.75) is 23.8 Å². The van der Waals surface area contributed by atoms with E-state index in [1.165, 1.54) is 10.6 Å². The predicted octanol–water partition coefficient (Wildman–Crippen LogP) is 2.07. The number of hydrogen-bond donors (Lipinski definition) is 0. The third kappa shape index (κ3) is 5.33. The van der Waals surface area contributed by atoms with Crippen molar-refractivity contribution < 1.29 is 26.0 Å². The molecular weight excluding hydrogens is 390 g/mol. The number of para-hydroxylation sites is 1. The Hall–Kier alpha value is -1.84. The molecule has 2 heterocycles. The monoisotopic (exact) mass is 413 g/mol. The van der Waals surface area contributed by atoms with Crippen LogP contribution in [-0.4, -0.2) is 51.8 Å². The topological polar surface area (TPSA) is 93.9 Å². The molecule has 0 aliphatic carbocycles. The van der Waals surface area contributed by atoms with Crippen LogP contribution < -0.4 is 4.74 Å². The summed E-state index contributed by atoms with van der Waals surface area (Å²) >= 11 is 0. The summed E-state index contributed by atoms with van der Waals surface area (Å²) in [5.74, 6) is 0.743. The van der Waals surface area contributed by atoms with Crippen LogP contribution in [0.3, 0.4) is 0 Å². The van der Waals surface area contributed by atoms with Crippen LogP contribution in [0.4, 0.5) is 0 Å². The summed E-state index contributed by atoms with van der Waals surface area (Å²) in [6, 6.07) is 12.3. The Balaban J connectivity index is 1.50. The maximum absolute atomic E-state index is 12.5. The maximum Gasteiger partial charge on any atom is 0.217 e. The molecule has 0 amide bonds. The van der Waals surface area contributed by atoms with E-state index in [1.54, 1.807) is 24.3 Å². The first kappa shape index (κ1) is 19.9. The highest BCUT2D eigenvalue weighted by atomic mass is 32.2. The van der Waals surface area contributed by atoms with Gasteiger partial charge in [-0.05, 0) is 37.1 Å². The molecule has 3 rings (SSSR count). The van der Waals surface area contributed by atoms with E-state index in [0.717, 1.165) is 0 Å². The molecule has 1 fully saturated rings. The first-order valence-corrected chi connectivity index (χ1v) is 12.1. The Kier molecular flexibility index (Phi) is 6.23. The Morgan fingerprint density at radius 3 is 2.33 bits per heavy atom. The second-order valence-corrected chi connectivity index (χ2v) is 10.8. The molecule has 7 nitrogen and oxygen atoms in total. The summed E-state index contributed by atoms with van der Waals surface area (Å²) < 4.78 is 61.9. The van der Waals surface area contributed by atoms with E-state index >= 15 is 0 Å². The first-order valence-electron chi connectivity index (χ1n) is 8.76. The van der Waals surface area contributed by atoms with E-state index < -0.39 is 25.1 Å². The molecule has 148 valence electrons. The number of sulfone groups is 1. The largest absolute Gasteiger partial charge is 0.492 e. The van der Waals surface area contributed by atoms with Crippen molar-refractivity contribution in [1.82, 2.24) is 4.31 Å². The highest BCUT2D eigenvalue weighted by molar-refractivity contribution is 7.91. The van der Waals surface area contributed by atoms with Gasteiger partial charge in [-0.25, -0.2) is 21.1 Å². The number of benzene rings is 1. The van der Waals surface area contributed by atoms with Gasteiger partial charge in [0.05, 0.1) is 17.3 Å². The highest BCUT2D eigenvalue weighted by Crippen LogP contribution is 2.23. The first-order chi connectivity index (χ1) is 12.9. The van der Waals surface area contributed by atoms with Gasteiger partial charge in [-0.3, -0.25) is 0 Å². The highest BCUT2D eigenvalue weighted by Gasteiger charge is 2.34. The molecule has 1 aliphatic heterocycles. The van der Waals surface area contributed by atoms with Crippen molar-refractivity contribution >= 4 is 19.9 Å². The molecule has 2 aromatic rings. The predicted molar refractivity (Wildman–Crippen MR) is 102 cm³/mol. The summed E-state index contributed by atoms with van der Waals surface area (Å²) in [7, 11) is -6.85. The van der Waals surface area contributed by atoms with Gasteiger partial charge in [0.2, 0.25) is 10.0 Å². The van der Waals surface area contributed by atoms with E-state index in [9.17, 15) is 16.8 Å². The van der Waals surface area contributed by atoms with Crippen LogP contribution in [0, 0.1) is 0 Å². The number of ether oxygens (including phenoxy) is 1. The fraction of sp³-hybridized carbons (Fsp3) is 0.444. The third-order valence-corrected chi connectivity index (χ3v) is 8.59. The van der Waals surface area contributed by atoms with E-state index in [1.807, 2.05) is 18.2 Å². The molecule has 1 aliphatic rings. The summed E-state index contributed by atoms with van der Waals surface area (Å²) in [6.45, 7) is 0.467. The zero-order valence-electron chi connectivity index (χ0n) is 14.9. The minimum atomic E-state index is -3.48. The van der Waals surface area contributed by atoms with Gasteiger partial charge in [0.1, 0.15) is 23.9 Å². The Labute approximate surface area is 159 Å². The number of furan rings is 1. The minimum Gasteiger partial charge on any atom is -0.492 e. The van der Waals surface area contributed by atoms with Crippen LogP contribution in [-0.2, 0) is 25.6 Å². The number of hydrogen-bond acceptors (Lipinski definition) is 6. The van der Waals surface area contributed by atoms with Crippen molar-refractivity contribution in [1.29, 1.82) is 0 Å². The molecule has 27 heavy (non-hydrogen) atoms. The van der Waals surface area contributed by atoms with Gasteiger partial charge < -0.3 is 9.15 Å². The summed E-state index contributed by atoms with van der Waals surface area (Å²) in [6.07, 6.45) is 2.03. The molecule has 1 aromatic carbocycles. The van der Waals surface area contributed by atoms with Gasteiger partial charge >= 0.3 is 0 Å². The van der Waals surface area contributed by atoms with E-state index in [-0.39, 0.29) is 31.2 Å². The standard InChI is InChI=1S/C18H23NO6S2/c20-26(21,15-17-7-4-12-24-17)18-8-10-19(11-9-18)27(22,23)14-13-25-16-5-2-1-3-6-16/h1-7,12,18H,8-11,13-15H2. The number of nitrogens with zero attached hydrogens (tertiary/aromatic N) is 1. The van der Waals surface area contributed by atoms with Crippen LogP contribution in [0.25, 0.3) is 0 Å². The van der Waals surface area contributed by atoms with Crippen molar-refractivity contribution in [3.8, 4) is 5.75 Å². The van der Waals surface area contributed by atoms with Gasteiger partial charge in [-0.2, -0.15) is 0 Å². The zero-order chi connectivity index (χ0) is 19.3. The smallest absolute Gasteiger partial charge is 0.217 e. The molecule has 0 radical (unpaired) electrons. The summed E-state index contributed by atoms with van der Waals surface area (Å²) in [5.41, 5.74) is 0. The molecule has 0 spiro atoms. The number of rotatable bonds is 8. The van der Waals surface area contributed by atoms with Crippen molar-refractivity contribution in [2.24, 2.45) is 0 Å². The second kappa shape index (κ2) is 8.45. The molecule has 1 saturated heterocycles. The summed E-state index contributed by atoms with van der Waals surface area (Å²) in [5, 5.41) is -0.547. The fourth-order valence-electron chi connectivity index (χ4n) is 3.09. The van der Waals surface area contributed by atoms with Gasteiger partial charge in [0.25, 0.3) is 0 Å². The molecular formula is C18H23NO6S2. The maximum atomic E-state index is 12.5. The SMILES string of the molecule is O=S(=O)(Cc1ccco1)C1CCN(S(=O)(=O)CCOc2ccccc2)CC1. The average Bonchev–Trinajstić information content (AvgIpc) is 3.15. The zero-order valence-corrected chi connectivity index (χ0v) is 16.5. The molecule has 0 unspecified atom stereocenters. The molecule has 0 atom stereocenters. The van der Waals surface area contributed by atoms with Crippen molar-refractivity contribution in [2.75, 3.05) is 25.4 Å². The lowest BCUT2D eigenvalue weighted by Crippen LogP contribution is -2.44. The van der Waals surface area contributed by atoms with Gasteiger partial charge in [0, 0.05) is 13.1 Å². The molecule has 9 heteroatoms. The van der Waals surface area contributed by atoms with Crippen LogP contribution in [0.15, 0.2) is 53.1 Å². The van der Waals surface area contributed by atoms with Crippen LogP contribution in [0.1, 0.15) is 18.6 Å². The van der Waals surface area contributed by atoms with Gasteiger partial charge in [-0.1, -0.05) is 18.2 Å². The van der Waals surface area contributed by atoms with Crippen molar-refractivity contribution in [3.63, 3.8) is 0 Å².